The molecule has 3 nitrogen and oxygen atoms in total. The molecular formula is C8H17FN2OS. The van der Waals surface area contributed by atoms with Gasteiger partial charge >= 0.3 is 0 Å². The van der Waals surface area contributed by atoms with E-state index in [1.54, 1.807) is 0 Å². The van der Waals surface area contributed by atoms with Crippen LogP contribution in [0.25, 0.3) is 0 Å². The zero-order valence-corrected chi connectivity index (χ0v) is 8.66. The first-order valence-corrected chi connectivity index (χ1v) is 4.80. The number of thiocarbonyl (C=S) groups is 1. The first-order valence-electron chi connectivity index (χ1n) is 4.39. The fourth-order valence-corrected chi connectivity index (χ4v) is 0.998. The number of aliphatic hydroxyl groups excluding tert-OH is 1. The van der Waals surface area contributed by atoms with E-state index in [-0.39, 0.29) is 13.2 Å². The summed E-state index contributed by atoms with van der Waals surface area (Å²) in [4.78, 5) is 0. The van der Waals surface area contributed by atoms with E-state index in [1.165, 1.54) is 0 Å². The van der Waals surface area contributed by atoms with E-state index in [0.29, 0.717) is 17.6 Å². The van der Waals surface area contributed by atoms with Crippen molar-refractivity contribution >= 4 is 17.3 Å². The van der Waals surface area contributed by atoms with E-state index < -0.39 is 6.67 Å². The first-order chi connectivity index (χ1) is 6.20. The molecule has 0 heterocycles. The topological polar surface area (TPSA) is 44.3 Å². The van der Waals surface area contributed by atoms with Crippen molar-refractivity contribution < 1.29 is 9.50 Å². The Labute approximate surface area is 83.7 Å². The molecule has 0 aliphatic heterocycles. The number of rotatable bonds is 6. The molecule has 3 N–H and O–H groups in total. The fraction of sp³-hybridized carbons (Fsp3) is 0.875. The molecule has 5 heteroatoms. The van der Waals surface area contributed by atoms with Gasteiger partial charge in [0.15, 0.2) is 5.11 Å². The normalized spacial score (nSPS) is 12.2. The Kier molecular flexibility index (Phi) is 7.93. The van der Waals surface area contributed by atoms with E-state index in [9.17, 15) is 4.39 Å². The van der Waals surface area contributed by atoms with Crippen LogP contribution in [0.15, 0.2) is 0 Å². The highest BCUT2D eigenvalue weighted by molar-refractivity contribution is 7.80. The van der Waals surface area contributed by atoms with Crippen LogP contribution in [0.2, 0.25) is 0 Å². The van der Waals surface area contributed by atoms with E-state index in [2.05, 4.69) is 10.6 Å². The van der Waals surface area contributed by atoms with Gasteiger partial charge in [-0.25, -0.2) is 4.39 Å². The maximum absolute atomic E-state index is 11.7. The third-order valence-electron chi connectivity index (χ3n) is 1.61. The molecule has 0 fully saturated rings. The van der Waals surface area contributed by atoms with Crippen LogP contribution in [0, 0.1) is 5.92 Å². The molecule has 0 bridgehead atoms. The molecule has 0 saturated heterocycles. The summed E-state index contributed by atoms with van der Waals surface area (Å²) in [5.74, 6) is 0.370. The molecule has 0 aromatic rings. The quantitative estimate of drug-likeness (QED) is 0.554. The van der Waals surface area contributed by atoms with Gasteiger partial charge in [0.1, 0.15) is 6.67 Å². The number of halogens is 1. The van der Waals surface area contributed by atoms with E-state index >= 15 is 0 Å². The zero-order valence-electron chi connectivity index (χ0n) is 7.85. The summed E-state index contributed by atoms with van der Waals surface area (Å²) in [6, 6.07) is 0. The summed E-state index contributed by atoms with van der Waals surface area (Å²) in [6.07, 6.45) is 0.749. The molecule has 0 aromatic heterocycles. The van der Waals surface area contributed by atoms with Gasteiger partial charge in [-0.1, -0.05) is 6.92 Å². The van der Waals surface area contributed by atoms with Gasteiger partial charge in [0.25, 0.3) is 0 Å². The number of hydrogen-bond acceptors (Lipinski definition) is 2. The van der Waals surface area contributed by atoms with Crippen LogP contribution >= 0.6 is 12.2 Å². The number of alkyl halides is 1. The Morgan fingerprint density at radius 1 is 1.54 bits per heavy atom. The Bertz CT molecular complexity index is 146. The van der Waals surface area contributed by atoms with E-state index in [1.807, 2.05) is 6.92 Å². The van der Waals surface area contributed by atoms with Crippen LogP contribution in [0.3, 0.4) is 0 Å². The molecule has 0 saturated carbocycles. The summed E-state index contributed by atoms with van der Waals surface area (Å²) in [7, 11) is 0. The lowest BCUT2D eigenvalue weighted by molar-refractivity contribution is 0.262. The highest BCUT2D eigenvalue weighted by Gasteiger charge is 2.01. The third-order valence-corrected chi connectivity index (χ3v) is 1.90. The standard InChI is InChI=1S/C8H17FN2OS/c1-7(2-5-12)6-11-8(13)10-4-3-9/h7,12H,2-6H2,1H3,(H2,10,11,13). The van der Waals surface area contributed by atoms with Gasteiger partial charge in [-0.15, -0.1) is 0 Å². The Morgan fingerprint density at radius 3 is 2.77 bits per heavy atom. The van der Waals surface area contributed by atoms with Crippen molar-refractivity contribution in [2.45, 2.75) is 13.3 Å². The Balaban J connectivity index is 3.34. The predicted molar refractivity (Wildman–Crippen MR) is 55.4 cm³/mol. The van der Waals surface area contributed by atoms with Crippen molar-refractivity contribution in [3.63, 3.8) is 0 Å². The van der Waals surface area contributed by atoms with Crippen molar-refractivity contribution in [2.24, 2.45) is 5.92 Å². The van der Waals surface area contributed by atoms with E-state index in [0.717, 1.165) is 6.42 Å². The van der Waals surface area contributed by atoms with Crippen molar-refractivity contribution in [3.05, 3.63) is 0 Å². The minimum atomic E-state index is -0.423. The van der Waals surface area contributed by atoms with Crippen LogP contribution in [0.1, 0.15) is 13.3 Å². The largest absolute Gasteiger partial charge is 0.396 e. The monoisotopic (exact) mass is 208 g/mol. The van der Waals surface area contributed by atoms with E-state index in [4.69, 9.17) is 17.3 Å². The molecular weight excluding hydrogens is 191 g/mol. The van der Waals surface area contributed by atoms with Crippen molar-refractivity contribution in [1.82, 2.24) is 10.6 Å². The second-order valence-corrected chi connectivity index (χ2v) is 3.35. The van der Waals surface area contributed by atoms with Gasteiger partial charge < -0.3 is 15.7 Å². The van der Waals surface area contributed by atoms with Crippen LogP contribution in [-0.2, 0) is 0 Å². The smallest absolute Gasteiger partial charge is 0.166 e. The van der Waals surface area contributed by atoms with Crippen LogP contribution in [-0.4, -0.2) is 36.6 Å². The fourth-order valence-electron chi connectivity index (χ4n) is 0.813. The van der Waals surface area contributed by atoms with Crippen molar-refractivity contribution in [2.75, 3.05) is 26.4 Å². The lowest BCUT2D eigenvalue weighted by atomic mass is 10.1. The molecule has 0 amide bonds. The minimum absolute atomic E-state index is 0.188. The van der Waals surface area contributed by atoms with Gasteiger partial charge in [0, 0.05) is 19.7 Å². The average molecular weight is 208 g/mol. The van der Waals surface area contributed by atoms with Gasteiger partial charge in [-0.05, 0) is 24.6 Å². The summed E-state index contributed by atoms with van der Waals surface area (Å²) < 4.78 is 11.7. The molecule has 78 valence electrons. The third kappa shape index (κ3) is 7.93. The second-order valence-electron chi connectivity index (χ2n) is 2.94. The number of aliphatic hydroxyl groups is 1. The number of nitrogens with one attached hydrogen (secondary N) is 2. The molecule has 0 aliphatic rings. The average Bonchev–Trinajstić information content (AvgIpc) is 2.12. The van der Waals surface area contributed by atoms with Crippen molar-refractivity contribution in [1.29, 1.82) is 0 Å². The predicted octanol–water partition coefficient (Wildman–Crippen LogP) is 0.439. The lowest BCUT2D eigenvalue weighted by Crippen LogP contribution is -2.38. The Hall–Kier alpha value is -0.420. The van der Waals surface area contributed by atoms with Gasteiger partial charge in [-0.3, -0.25) is 0 Å². The Morgan fingerprint density at radius 2 is 2.23 bits per heavy atom. The first kappa shape index (κ1) is 12.6. The van der Waals surface area contributed by atoms with Gasteiger partial charge in [0.05, 0.1) is 0 Å². The summed E-state index contributed by atoms with van der Waals surface area (Å²) in [6.45, 7) is 2.74. The minimum Gasteiger partial charge on any atom is -0.396 e. The highest BCUT2D eigenvalue weighted by Crippen LogP contribution is 1.97. The van der Waals surface area contributed by atoms with Crippen LogP contribution in [0.4, 0.5) is 4.39 Å². The molecule has 0 spiro atoms. The molecule has 0 aromatic carbocycles. The summed E-state index contributed by atoms with van der Waals surface area (Å²) in [5.41, 5.74) is 0. The second kappa shape index (κ2) is 8.19. The molecule has 0 radical (unpaired) electrons. The summed E-state index contributed by atoms with van der Waals surface area (Å²) >= 11 is 4.87. The SMILES string of the molecule is CC(CCO)CNC(=S)NCCF. The maximum atomic E-state index is 11.7. The van der Waals surface area contributed by atoms with Crippen LogP contribution in [0.5, 0.6) is 0 Å². The number of hydrogen-bond donors (Lipinski definition) is 3. The molecule has 0 aliphatic carbocycles. The lowest BCUT2D eigenvalue weighted by Gasteiger charge is -2.13. The highest BCUT2D eigenvalue weighted by atomic mass is 32.1. The molecule has 1 atom stereocenters. The van der Waals surface area contributed by atoms with Crippen molar-refractivity contribution in [3.8, 4) is 0 Å². The van der Waals surface area contributed by atoms with Crippen LogP contribution < -0.4 is 10.6 Å². The van der Waals surface area contributed by atoms with Gasteiger partial charge in [0.2, 0.25) is 0 Å². The summed E-state index contributed by atoms with van der Waals surface area (Å²) in [5, 5.41) is 14.7. The zero-order chi connectivity index (χ0) is 10.1. The van der Waals surface area contributed by atoms with Gasteiger partial charge in [-0.2, -0.15) is 0 Å². The molecule has 13 heavy (non-hydrogen) atoms. The molecule has 1 unspecified atom stereocenters. The molecule has 0 rings (SSSR count). The maximum Gasteiger partial charge on any atom is 0.166 e.